The summed E-state index contributed by atoms with van der Waals surface area (Å²) in [7, 11) is 0. The lowest BCUT2D eigenvalue weighted by Crippen LogP contribution is -2.25. The molecule has 0 saturated carbocycles. The van der Waals surface area contributed by atoms with Crippen LogP contribution >= 0.6 is 0 Å². The number of aromatic amines is 2. The van der Waals surface area contributed by atoms with Crippen molar-refractivity contribution in [3.63, 3.8) is 0 Å². The fourth-order valence-electron chi connectivity index (χ4n) is 3.89. The van der Waals surface area contributed by atoms with Gasteiger partial charge in [-0.05, 0) is 61.5 Å². The van der Waals surface area contributed by atoms with Crippen LogP contribution in [0.15, 0.2) is 53.6 Å². The number of hydrogen-bond acceptors (Lipinski definition) is 4. The molecule has 0 saturated heterocycles. The number of fused-ring (bicyclic) bond motifs is 1. The molecular formula is C28H40N4O3. The second-order valence-electron chi connectivity index (χ2n) is 8.88. The summed E-state index contributed by atoms with van der Waals surface area (Å²) in [5.74, 6) is -0.0990. The number of aromatic nitrogens is 2. The van der Waals surface area contributed by atoms with Gasteiger partial charge in [-0.3, -0.25) is 14.4 Å². The Kier molecular flexibility index (Phi) is 12.4. The molecule has 7 nitrogen and oxygen atoms in total. The van der Waals surface area contributed by atoms with Gasteiger partial charge in [0, 0.05) is 42.5 Å². The Morgan fingerprint density at radius 1 is 0.943 bits per heavy atom. The fourth-order valence-corrected chi connectivity index (χ4v) is 3.89. The lowest BCUT2D eigenvalue weighted by atomic mass is 10.0. The van der Waals surface area contributed by atoms with Gasteiger partial charge in [0.25, 0.3) is 11.5 Å². The normalized spacial score (nSPS) is 11.4. The van der Waals surface area contributed by atoms with Crippen LogP contribution in [-0.2, 0) is 4.79 Å². The average molecular weight is 481 g/mol. The second kappa shape index (κ2) is 15.5. The van der Waals surface area contributed by atoms with Crippen LogP contribution < -0.4 is 16.2 Å². The molecule has 4 N–H and O–H groups in total. The number of unbranched alkanes of at least 4 members (excludes halogenated alkanes) is 3. The predicted molar refractivity (Wildman–Crippen MR) is 144 cm³/mol. The summed E-state index contributed by atoms with van der Waals surface area (Å²) in [4.78, 5) is 39.0. The van der Waals surface area contributed by atoms with Gasteiger partial charge >= 0.3 is 0 Å². The highest BCUT2D eigenvalue weighted by Crippen LogP contribution is 2.20. The number of pyridine rings is 1. The van der Waals surface area contributed by atoms with E-state index >= 15 is 0 Å². The molecule has 190 valence electrons. The summed E-state index contributed by atoms with van der Waals surface area (Å²) in [6, 6.07) is 11.9. The number of amides is 1. The van der Waals surface area contributed by atoms with Gasteiger partial charge in [0.2, 0.25) is 0 Å². The highest BCUT2D eigenvalue weighted by molar-refractivity contribution is 5.92. The molecule has 1 unspecified atom stereocenters. The summed E-state index contributed by atoms with van der Waals surface area (Å²) in [6.45, 7) is 6.38. The molecule has 35 heavy (non-hydrogen) atoms. The van der Waals surface area contributed by atoms with Gasteiger partial charge in [-0.25, -0.2) is 0 Å². The van der Waals surface area contributed by atoms with Crippen molar-refractivity contribution >= 4 is 28.2 Å². The first kappa shape index (κ1) is 27.9. The van der Waals surface area contributed by atoms with Crippen molar-refractivity contribution in [1.82, 2.24) is 15.3 Å². The molecule has 0 fully saturated rings. The smallest absolute Gasteiger partial charge is 0.267 e. The summed E-state index contributed by atoms with van der Waals surface area (Å²) in [5, 5.41) is 8.03. The average Bonchev–Trinajstić information content (AvgIpc) is 3.37. The van der Waals surface area contributed by atoms with Gasteiger partial charge in [0.05, 0.1) is 0 Å². The van der Waals surface area contributed by atoms with E-state index in [0.717, 1.165) is 16.5 Å². The van der Waals surface area contributed by atoms with Crippen LogP contribution in [-0.4, -0.2) is 34.2 Å². The molecule has 0 aliphatic heterocycles. The number of anilines is 1. The van der Waals surface area contributed by atoms with Crippen molar-refractivity contribution in [2.75, 3.05) is 11.9 Å². The van der Waals surface area contributed by atoms with E-state index in [1.807, 2.05) is 18.2 Å². The van der Waals surface area contributed by atoms with E-state index in [2.05, 4.69) is 40.5 Å². The number of Topliss-reactive ketones (excluding diaryl/α,β-unsaturated/α-hetero) is 1. The molecule has 2 heterocycles. The Bertz CT molecular complexity index is 1090. The first-order valence-corrected chi connectivity index (χ1v) is 12.7. The van der Waals surface area contributed by atoms with Crippen LogP contribution in [0.5, 0.6) is 0 Å². The van der Waals surface area contributed by atoms with Crippen molar-refractivity contribution in [1.29, 1.82) is 0 Å². The van der Waals surface area contributed by atoms with Gasteiger partial charge < -0.3 is 20.6 Å². The van der Waals surface area contributed by atoms with Crippen LogP contribution in [0.3, 0.4) is 0 Å². The number of hydrogen-bond donors (Lipinski definition) is 4. The molecule has 7 heteroatoms. The minimum absolute atomic E-state index is 0.0197. The Labute approximate surface area is 208 Å². The summed E-state index contributed by atoms with van der Waals surface area (Å²) in [5.41, 5.74) is 1.62. The molecule has 3 aromatic rings. The van der Waals surface area contributed by atoms with E-state index in [1.165, 1.54) is 51.9 Å². The van der Waals surface area contributed by atoms with Crippen LogP contribution in [0.25, 0.3) is 10.8 Å². The highest BCUT2D eigenvalue weighted by atomic mass is 16.2. The van der Waals surface area contributed by atoms with E-state index in [-0.39, 0.29) is 17.2 Å². The monoisotopic (exact) mass is 480 g/mol. The van der Waals surface area contributed by atoms with E-state index in [1.54, 1.807) is 24.5 Å². The Morgan fingerprint density at radius 2 is 1.77 bits per heavy atom. The fraction of sp³-hybridized carbons (Fsp3) is 0.464. The Hall–Kier alpha value is -3.35. The lowest BCUT2D eigenvalue weighted by molar-refractivity contribution is -0.116. The maximum absolute atomic E-state index is 11.7. The molecule has 0 aliphatic carbocycles. The van der Waals surface area contributed by atoms with Crippen molar-refractivity contribution in [3.8, 4) is 0 Å². The molecule has 1 amide bonds. The van der Waals surface area contributed by atoms with E-state index in [0.29, 0.717) is 24.7 Å². The molecule has 2 aromatic heterocycles. The quantitative estimate of drug-likeness (QED) is 0.232. The van der Waals surface area contributed by atoms with Gasteiger partial charge in [0.1, 0.15) is 11.5 Å². The summed E-state index contributed by atoms with van der Waals surface area (Å²) in [6.07, 6.45) is 12.6. The van der Waals surface area contributed by atoms with Crippen molar-refractivity contribution in [2.24, 2.45) is 0 Å². The third kappa shape index (κ3) is 10.2. The number of H-pyrrole nitrogens is 2. The zero-order valence-electron chi connectivity index (χ0n) is 21.3. The topological polar surface area (TPSA) is 107 Å². The number of carbonyl (C=O) groups excluding carboxylic acids is 2. The maximum atomic E-state index is 11.7. The van der Waals surface area contributed by atoms with Gasteiger partial charge in [0.15, 0.2) is 0 Å². The number of carbonyl (C=O) groups is 2. The highest BCUT2D eigenvalue weighted by Gasteiger charge is 2.08. The number of rotatable bonds is 13. The number of ketones is 1. The number of benzene rings is 1. The minimum Gasteiger partial charge on any atom is -0.382 e. The molecule has 0 aliphatic rings. The van der Waals surface area contributed by atoms with Gasteiger partial charge in [-0.1, -0.05) is 46.0 Å². The first-order chi connectivity index (χ1) is 16.9. The minimum atomic E-state index is -0.175. The predicted octanol–water partition coefficient (Wildman–Crippen LogP) is 5.80. The molecule has 0 spiro atoms. The third-order valence-electron chi connectivity index (χ3n) is 5.79. The van der Waals surface area contributed by atoms with Crippen molar-refractivity contribution in [3.05, 3.63) is 64.8 Å². The molecule has 1 atom stereocenters. The van der Waals surface area contributed by atoms with Gasteiger partial charge in [-0.15, -0.1) is 0 Å². The molecule has 1 aromatic carbocycles. The Balaban J connectivity index is 0.000000283. The maximum Gasteiger partial charge on any atom is 0.267 e. The largest absolute Gasteiger partial charge is 0.382 e. The SMILES string of the molecule is CC(=O)CCNC(=O)c1ccc[nH]1.CCCCCCC(CCC)Nc1ccc2c(=O)[nH]ccc2c1. The van der Waals surface area contributed by atoms with Crippen LogP contribution in [0.2, 0.25) is 0 Å². The van der Waals surface area contributed by atoms with E-state index < -0.39 is 0 Å². The van der Waals surface area contributed by atoms with Crippen molar-refractivity contribution in [2.45, 2.75) is 78.2 Å². The first-order valence-electron chi connectivity index (χ1n) is 12.7. The van der Waals surface area contributed by atoms with E-state index in [4.69, 9.17) is 0 Å². The molecule has 3 rings (SSSR count). The summed E-state index contributed by atoms with van der Waals surface area (Å²) >= 11 is 0. The van der Waals surface area contributed by atoms with E-state index in [9.17, 15) is 14.4 Å². The zero-order chi connectivity index (χ0) is 25.5. The standard InChI is InChI=1S/C19H28N2O.C9H12N2O2/c1-3-5-6-7-9-16(8-4-2)21-17-10-11-18-15(14-17)12-13-20-19(18)22;1-7(12)4-6-11-9(13)8-3-2-5-10-8/h10-14,16,21H,3-9H2,1-2H3,(H,20,22);2-3,5,10H,4,6H2,1H3,(H,11,13). The Morgan fingerprint density at radius 3 is 2.46 bits per heavy atom. The number of nitrogens with one attached hydrogen (secondary N) is 4. The van der Waals surface area contributed by atoms with Crippen LogP contribution in [0.4, 0.5) is 5.69 Å². The lowest BCUT2D eigenvalue weighted by Gasteiger charge is -2.19. The zero-order valence-corrected chi connectivity index (χ0v) is 21.3. The molecule has 0 radical (unpaired) electrons. The second-order valence-corrected chi connectivity index (χ2v) is 8.88. The van der Waals surface area contributed by atoms with Gasteiger partial charge in [-0.2, -0.15) is 0 Å². The third-order valence-corrected chi connectivity index (χ3v) is 5.79. The van der Waals surface area contributed by atoms with Crippen LogP contribution in [0.1, 0.15) is 82.6 Å². The van der Waals surface area contributed by atoms with Crippen LogP contribution in [0, 0.1) is 0 Å². The molecule has 0 bridgehead atoms. The molecular weight excluding hydrogens is 440 g/mol. The summed E-state index contributed by atoms with van der Waals surface area (Å²) < 4.78 is 0. The van der Waals surface area contributed by atoms with Crippen molar-refractivity contribution < 1.29 is 9.59 Å².